The summed E-state index contributed by atoms with van der Waals surface area (Å²) < 4.78 is 41.6. The van der Waals surface area contributed by atoms with Crippen molar-refractivity contribution in [3.05, 3.63) is 141 Å². The largest absolute Gasteiger partial charge is 0.416 e. The molecule has 0 spiro atoms. The van der Waals surface area contributed by atoms with E-state index in [1.807, 2.05) is 99.1 Å². The molecular formula is C38H35F3N2O2. The van der Waals surface area contributed by atoms with Crippen LogP contribution in [0.25, 0.3) is 10.9 Å². The maximum absolute atomic E-state index is 14.6. The SMILES string of the molecule is Cc1cccc(C(=O)C2C(c3cn(Cc4ccc(C(F)(F)F)cc4)c4ccccc34)CCN2C(=O)c2cccc(C)c2C)c1C. The Morgan fingerprint density at radius 2 is 1.40 bits per heavy atom. The van der Waals surface area contributed by atoms with Gasteiger partial charge in [0.1, 0.15) is 6.04 Å². The number of hydrogen-bond donors (Lipinski definition) is 0. The van der Waals surface area contributed by atoms with Crippen LogP contribution < -0.4 is 0 Å². The fourth-order valence-electron chi connectivity index (χ4n) is 6.68. The number of aryl methyl sites for hydroxylation is 2. The van der Waals surface area contributed by atoms with Crippen molar-refractivity contribution >= 4 is 22.6 Å². The number of halogens is 3. The van der Waals surface area contributed by atoms with E-state index >= 15 is 0 Å². The maximum atomic E-state index is 14.6. The number of ketones is 1. The van der Waals surface area contributed by atoms with Gasteiger partial charge in [-0.1, -0.05) is 60.7 Å². The quantitative estimate of drug-likeness (QED) is 0.181. The summed E-state index contributed by atoms with van der Waals surface area (Å²) in [5.74, 6) is -0.516. The topological polar surface area (TPSA) is 42.3 Å². The normalized spacial score (nSPS) is 16.8. The van der Waals surface area contributed by atoms with E-state index in [9.17, 15) is 22.8 Å². The highest BCUT2D eigenvalue weighted by atomic mass is 19.4. The zero-order chi connectivity index (χ0) is 32.0. The van der Waals surface area contributed by atoms with Crippen molar-refractivity contribution in [2.45, 2.75) is 58.8 Å². The highest BCUT2D eigenvalue weighted by Gasteiger charge is 2.44. The van der Waals surface area contributed by atoms with Gasteiger partial charge in [0.2, 0.25) is 0 Å². The van der Waals surface area contributed by atoms with Crippen LogP contribution in [0, 0.1) is 27.7 Å². The fraction of sp³-hybridized carbons (Fsp3) is 0.263. The van der Waals surface area contributed by atoms with Crippen LogP contribution in [0.15, 0.2) is 91.1 Å². The Balaban J connectivity index is 1.44. The fourth-order valence-corrected chi connectivity index (χ4v) is 6.68. The molecule has 2 atom stereocenters. The van der Waals surface area contributed by atoms with Crippen LogP contribution in [-0.4, -0.2) is 33.7 Å². The first-order chi connectivity index (χ1) is 21.5. The van der Waals surface area contributed by atoms with Gasteiger partial charge >= 0.3 is 6.18 Å². The van der Waals surface area contributed by atoms with Crippen molar-refractivity contribution < 1.29 is 22.8 Å². The Labute approximate surface area is 261 Å². The van der Waals surface area contributed by atoms with E-state index in [-0.39, 0.29) is 17.6 Å². The molecule has 6 rings (SSSR count). The van der Waals surface area contributed by atoms with Gasteiger partial charge in [-0.15, -0.1) is 0 Å². The van der Waals surface area contributed by atoms with Crippen molar-refractivity contribution in [3.8, 4) is 0 Å². The number of rotatable bonds is 6. The van der Waals surface area contributed by atoms with Crippen LogP contribution in [0.3, 0.4) is 0 Å². The molecule has 0 aliphatic carbocycles. The predicted octanol–water partition coefficient (Wildman–Crippen LogP) is 8.82. The van der Waals surface area contributed by atoms with Crippen molar-refractivity contribution in [1.29, 1.82) is 0 Å². The number of aromatic nitrogens is 1. The lowest BCUT2D eigenvalue weighted by atomic mass is 9.85. The van der Waals surface area contributed by atoms with Gasteiger partial charge in [0.05, 0.1) is 5.56 Å². The summed E-state index contributed by atoms with van der Waals surface area (Å²) in [6.07, 6.45) is -1.78. The van der Waals surface area contributed by atoms with Crippen LogP contribution in [0.5, 0.6) is 0 Å². The van der Waals surface area contributed by atoms with Gasteiger partial charge in [-0.25, -0.2) is 0 Å². The summed E-state index contributed by atoms with van der Waals surface area (Å²) >= 11 is 0. The van der Waals surface area contributed by atoms with E-state index in [0.717, 1.165) is 56.4 Å². The second kappa shape index (κ2) is 11.7. The van der Waals surface area contributed by atoms with Crippen LogP contribution in [-0.2, 0) is 12.7 Å². The number of hydrogen-bond acceptors (Lipinski definition) is 2. The molecule has 4 nitrogen and oxygen atoms in total. The van der Waals surface area contributed by atoms with E-state index in [1.165, 1.54) is 12.1 Å². The number of fused-ring (bicyclic) bond motifs is 1. The predicted molar refractivity (Wildman–Crippen MR) is 171 cm³/mol. The number of alkyl halides is 3. The van der Waals surface area contributed by atoms with E-state index in [0.29, 0.717) is 30.6 Å². The third kappa shape index (κ3) is 5.56. The molecule has 230 valence electrons. The summed E-state index contributed by atoms with van der Waals surface area (Å²) in [5, 5.41) is 0.967. The molecule has 5 aromatic rings. The molecule has 7 heteroatoms. The molecule has 1 aliphatic rings. The van der Waals surface area contributed by atoms with E-state index in [2.05, 4.69) is 0 Å². The smallest absolute Gasteiger partial charge is 0.343 e. The number of carbonyl (C=O) groups excluding carboxylic acids is 2. The number of Topliss-reactive ketones (excluding diaryl/α,β-unsaturated/α-hetero) is 1. The second-order valence-electron chi connectivity index (χ2n) is 12.1. The van der Waals surface area contributed by atoms with E-state index in [4.69, 9.17) is 0 Å². The van der Waals surface area contributed by atoms with Crippen LogP contribution in [0.1, 0.15) is 72.0 Å². The molecule has 1 aliphatic heterocycles. The molecule has 1 aromatic heterocycles. The summed E-state index contributed by atoms with van der Waals surface area (Å²) in [6, 6.07) is 23.8. The lowest BCUT2D eigenvalue weighted by Gasteiger charge is -2.29. The Kier molecular flexibility index (Phi) is 7.89. The molecule has 45 heavy (non-hydrogen) atoms. The Hall–Kier alpha value is -4.65. The molecular weight excluding hydrogens is 573 g/mol. The number of likely N-dealkylation sites (tertiary alicyclic amines) is 1. The minimum absolute atomic E-state index is 0.0862. The van der Waals surface area contributed by atoms with Crippen molar-refractivity contribution in [2.24, 2.45) is 0 Å². The van der Waals surface area contributed by atoms with Crippen LogP contribution in [0.4, 0.5) is 13.2 Å². The highest BCUT2D eigenvalue weighted by Crippen LogP contribution is 2.41. The molecule has 0 N–H and O–H groups in total. The first-order valence-electron chi connectivity index (χ1n) is 15.2. The van der Waals surface area contributed by atoms with Gasteiger partial charge in [-0.3, -0.25) is 9.59 Å². The van der Waals surface area contributed by atoms with Gasteiger partial charge in [0, 0.05) is 47.2 Å². The molecule has 1 fully saturated rings. The van der Waals surface area contributed by atoms with Gasteiger partial charge in [-0.05, 0) is 91.8 Å². The van der Waals surface area contributed by atoms with Crippen LogP contribution in [0.2, 0.25) is 0 Å². The van der Waals surface area contributed by atoms with Crippen LogP contribution >= 0.6 is 0 Å². The van der Waals surface area contributed by atoms with Gasteiger partial charge in [0.15, 0.2) is 5.78 Å². The van der Waals surface area contributed by atoms with Crippen molar-refractivity contribution in [3.63, 3.8) is 0 Å². The van der Waals surface area contributed by atoms with E-state index < -0.39 is 17.8 Å². The Morgan fingerprint density at radius 1 is 0.778 bits per heavy atom. The molecule has 0 saturated carbocycles. The summed E-state index contributed by atoms with van der Waals surface area (Å²) in [4.78, 5) is 30.5. The molecule has 0 radical (unpaired) electrons. The third-order valence-electron chi connectivity index (χ3n) is 9.49. The van der Waals surface area contributed by atoms with Gasteiger partial charge in [0.25, 0.3) is 5.91 Å². The number of para-hydroxylation sites is 1. The standard InChI is InChI=1S/C38H35F3N2O2/c1-23-9-7-12-29(25(23)3)36(44)35-32(19-20-43(35)37(45)30-13-8-10-24(2)26(30)4)33-22-42(34-14-6-5-11-31(33)34)21-27-15-17-28(18-16-27)38(39,40)41/h5-18,22,32,35H,19-21H2,1-4H3. The zero-order valence-electron chi connectivity index (χ0n) is 25.8. The molecule has 0 bridgehead atoms. The first-order valence-corrected chi connectivity index (χ1v) is 15.2. The minimum atomic E-state index is -4.40. The zero-order valence-corrected chi connectivity index (χ0v) is 25.8. The van der Waals surface area contributed by atoms with Gasteiger partial charge in [-0.2, -0.15) is 13.2 Å². The Morgan fingerprint density at radius 3 is 2.07 bits per heavy atom. The Bertz CT molecular complexity index is 1920. The molecule has 1 saturated heterocycles. The summed E-state index contributed by atoms with van der Waals surface area (Å²) in [6.45, 7) is 8.63. The maximum Gasteiger partial charge on any atom is 0.416 e. The third-order valence-corrected chi connectivity index (χ3v) is 9.49. The number of amides is 1. The second-order valence-corrected chi connectivity index (χ2v) is 12.1. The number of carbonyl (C=O) groups is 2. The highest BCUT2D eigenvalue weighted by molar-refractivity contribution is 6.07. The lowest BCUT2D eigenvalue weighted by molar-refractivity contribution is -0.137. The average molecular weight is 609 g/mol. The average Bonchev–Trinajstić information content (AvgIpc) is 3.61. The minimum Gasteiger partial charge on any atom is -0.343 e. The van der Waals surface area contributed by atoms with Gasteiger partial charge < -0.3 is 9.47 Å². The molecule has 2 unspecified atom stereocenters. The van der Waals surface area contributed by atoms with Crippen molar-refractivity contribution in [1.82, 2.24) is 9.47 Å². The summed E-state index contributed by atoms with van der Waals surface area (Å²) in [5.41, 5.74) is 6.96. The molecule has 1 amide bonds. The monoisotopic (exact) mass is 608 g/mol. The van der Waals surface area contributed by atoms with E-state index in [1.54, 1.807) is 4.90 Å². The lowest BCUT2D eigenvalue weighted by Crippen LogP contribution is -2.43. The molecule has 2 heterocycles. The number of nitrogens with zero attached hydrogens (tertiary/aromatic N) is 2. The summed E-state index contributed by atoms with van der Waals surface area (Å²) in [7, 11) is 0. The molecule has 4 aromatic carbocycles. The van der Waals surface area contributed by atoms with Crippen molar-refractivity contribution in [2.75, 3.05) is 6.54 Å². The number of benzene rings is 4. The first kappa shape index (κ1) is 30.4.